The van der Waals surface area contributed by atoms with Crippen LogP contribution >= 0.6 is 0 Å². The number of H-pyrrole nitrogens is 1. The maximum absolute atomic E-state index is 12.4. The van der Waals surface area contributed by atoms with E-state index < -0.39 is 0 Å². The number of allylic oxidation sites excluding steroid dienone is 2. The molecule has 0 bridgehead atoms. The van der Waals surface area contributed by atoms with E-state index in [9.17, 15) is 9.59 Å². The van der Waals surface area contributed by atoms with Gasteiger partial charge in [-0.2, -0.15) is 0 Å². The third kappa shape index (κ3) is 2.48. The SMILES string of the molecule is O=c1[nH]c2ccccc2c(=O)nc1CC1CNC2=C1CCC=C2. The van der Waals surface area contributed by atoms with Crippen molar-refractivity contribution in [1.82, 2.24) is 15.3 Å². The molecule has 2 heterocycles. The minimum Gasteiger partial charge on any atom is -0.384 e. The third-order valence-electron chi connectivity index (χ3n) is 4.59. The van der Waals surface area contributed by atoms with Crippen LogP contribution in [-0.2, 0) is 6.42 Å². The molecule has 2 N–H and O–H groups in total. The second kappa shape index (κ2) is 5.50. The van der Waals surface area contributed by atoms with E-state index in [1.165, 1.54) is 11.3 Å². The van der Waals surface area contributed by atoms with Gasteiger partial charge in [0.05, 0.1) is 10.9 Å². The van der Waals surface area contributed by atoms with Gasteiger partial charge in [0.15, 0.2) is 0 Å². The summed E-state index contributed by atoms with van der Waals surface area (Å²) in [7, 11) is 0. The molecule has 0 amide bonds. The number of aromatic nitrogens is 2. The Labute approximate surface area is 132 Å². The van der Waals surface area contributed by atoms with E-state index in [0.29, 0.717) is 23.0 Å². The molecule has 1 aliphatic heterocycles. The molecule has 2 aliphatic rings. The van der Waals surface area contributed by atoms with Crippen molar-refractivity contribution in [3.63, 3.8) is 0 Å². The van der Waals surface area contributed by atoms with Crippen molar-refractivity contribution in [2.45, 2.75) is 19.3 Å². The number of nitrogens with one attached hydrogen (secondary N) is 2. The number of hydrogen-bond acceptors (Lipinski definition) is 4. The molecule has 5 nitrogen and oxygen atoms in total. The van der Waals surface area contributed by atoms with Gasteiger partial charge >= 0.3 is 0 Å². The van der Waals surface area contributed by atoms with Crippen molar-refractivity contribution in [3.05, 3.63) is 74.1 Å². The first-order valence-corrected chi connectivity index (χ1v) is 7.88. The third-order valence-corrected chi connectivity index (χ3v) is 4.59. The highest BCUT2D eigenvalue weighted by atomic mass is 16.1. The lowest BCUT2D eigenvalue weighted by Gasteiger charge is -2.13. The molecule has 0 fully saturated rings. The van der Waals surface area contributed by atoms with Crippen molar-refractivity contribution in [3.8, 4) is 0 Å². The lowest BCUT2D eigenvalue weighted by atomic mass is 9.90. The van der Waals surface area contributed by atoms with Gasteiger partial charge in [-0.05, 0) is 36.6 Å². The summed E-state index contributed by atoms with van der Waals surface area (Å²) in [5, 5.41) is 3.82. The molecule has 2 aromatic rings. The Balaban J connectivity index is 1.77. The van der Waals surface area contributed by atoms with E-state index in [1.807, 2.05) is 0 Å². The van der Waals surface area contributed by atoms with E-state index >= 15 is 0 Å². The molecule has 0 saturated heterocycles. The zero-order valence-corrected chi connectivity index (χ0v) is 12.6. The lowest BCUT2D eigenvalue weighted by molar-refractivity contribution is 0.595. The number of rotatable bonds is 2. The summed E-state index contributed by atoms with van der Waals surface area (Å²) < 4.78 is 0. The molecular weight excluding hydrogens is 290 g/mol. The molecule has 4 rings (SSSR count). The first kappa shape index (κ1) is 13.9. The van der Waals surface area contributed by atoms with Crippen molar-refractivity contribution >= 4 is 10.9 Å². The van der Waals surface area contributed by atoms with Gasteiger partial charge < -0.3 is 10.3 Å². The average Bonchev–Trinajstić information content (AvgIpc) is 2.92. The van der Waals surface area contributed by atoms with Crippen LogP contribution in [0.1, 0.15) is 18.5 Å². The van der Waals surface area contributed by atoms with Gasteiger partial charge in [-0.25, -0.2) is 4.98 Å². The molecule has 0 saturated carbocycles. The molecule has 1 aliphatic carbocycles. The highest BCUT2D eigenvalue weighted by Crippen LogP contribution is 2.30. The van der Waals surface area contributed by atoms with Crippen molar-refractivity contribution in [1.29, 1.82) is 0 Å². The molecule has 1 aromatic heterocycles. The Morgan fingerprint density at radius 1 is 1.22 bits per heavy atom. The normalized spacial score (nSPS) is 19.7. The van der Waals surface area contributed by atoms with Gasteiger partial charge in [0, 0.05) is 24.6 Å². The first-order chi connectivity index (χ1) is 11.2. The van der Waals surface area contributed by atoms with Gasteiger partial charge in [-0.3, -0.25) is 9.59 Å². The summed E-state index contributed by atoms with van der Waals surface area (Å²) in [6.07, 6.45) is 6.79. The molecule has 1 aromatic carbocycles. The number of aromatic amines is 1. The summed E-state index contributed by atoms with van der Waals surface area (Å²) in [5.41, 5.74) is 2.75. The van der Waals surface area contributed by atoms with Crippen LogP contribution < -0.4 is 16.4 Å². The Morgan fingerprint density at radius 2 is 2.09 bits per heavy atom. The predicted octanol–water partition coefficient (Wildman–Crippen LogP) is 1.65. The van der Waals surface area contributed by atoms with Crippen molar-refractivity contribution < 1.29 is 0 Å². The lowest BCUT2D eigenvalue weighted by Crippen LogP contribution is -2.21. The van der Waals surface area contributed by atoms with Crippen LogP contribution in [0.25, 0.3) is 10.9 Å². The topological polar surface area (TPSA) is 74.8 Å². The minimum absolute atomic E-state index is 0.230. The number of hydrogen-bond donors (Lipinski definition) is 2. The predicted molar refractivity (Wildman–Crippen MR) is 89.2 cm³/mol. The van der Waals surface area contributed by atoms with E-state index in [2.05, 4.69) is 27.4 Å². The minimum atomic E-state index is -0.349. The fourth-order valence-electron chi connectivity index (χ4n) is 3.41. The van der Waals surface area contributed by atoms with Gasteiger partial charge in [-0.15, -0.1) is 0 Å². The van der Waals surface area contributed by atoms with E-state index in [0.717, 1.165) is 19.4 Å². The standard InChI is InChI=1S/C18H17N3O2/c22-17-13-6-2-4-8-15(13)20-18(23)16(21-17)9-11-10-19-14-7-3-1-5-12(11)14/h2-4,6-8,11,19H,1,5,9-10H2,(H,20,23). The molecule has 1 unspecified atom stereocenters. The molecular formula is C18H17N3O2. The molecule has 0 spiro atoms. The van der Waals surface area contributed by atoms with Gasteiger partial charge in [0.2, 0.25) is 0 Å². The number of benzene rings is 1. The van der Waals surface area contributed by atoms with E-state index in [-0.39, 0.29) is 17.0 Å². The van der Waals surface area contributed by atoms with E-state index in [1.54, 1.807) is 24.3 Å². The summed E-state index contributed by atoms with van der Waals surface area (Å²) in [6.45, 7) is 0.794. The van der Waals surface area contributed by atoms with Crippen LogP contribution in [0.4, 0.5) is 0 Å². The van der Waals surface area contributed by atoms with Crippen LogP contribution in [0.15, 0.2) is 57.3 Å². The monoisotopic (exact) mass is 307 g/mol. The van der Waals surface area contributed by atoms with Crippen LogP contribution in [0.2, 0.25) is 0 Å². The molecule has 1 atom stereocenters. The highest BCUT2D eigenvalue weighted by molar-refractivity contribution is 5.76. The fraction of sp³-hybridized carbons (Fsp3) is 0.278. The summed E-state index contributed by atoms with van der Waals surface area (Å²) in [6, 6.07) is 6.99. The number of nitrogens with zero attached hydrogens (tertiary/aromatic N) is 1. The molecule has 5 heteroatoms. The Morgan fingerprint density at radius 3 is 3.00 bits per heavy atom. The quantitative estimate of drug-likeness (QED) is 0.884. The Hall–Kier alpha value is -2.69. The number of fused-ring (bicyclic) bond motifs is 1. The summed E-state index contributed by atoms with van der Waals surface area (Å²) in [4.78, 5) is 31.6. The van der Waals surface area contributed by atoms with Crippen LogP contribution in [0.3, 0.4) is 0 Å². The Kier molecular flexibility index (Phi) is 3.33. The fourth-order valence-corrected chi connectivity index (χ4v) is 3.41. The summed E-state index contributed by atoms with van der Waals surface area (Å²) >= 11 is 0. The van der Waals surface area contributed by atoms with E-state index in [4.69, 9.17) is 0 Å². The smallest absolute Gasteiger partial charge is 0.279 e. The molecule has 0 radical (unpaired) electrons. The van der Waals surface area contributed by atoms with Crippen LogP contribution in [-0.4, -0.2) is 16.5 Å². The van der Waals surface area contributed by atoms with Crippen LogP contribution in [0.5, 0.6) is 0 Å². The number of para-hydroxylation sites is 1. The maximum atomic E-state index is 12.4. The zero-order valence-electron chi connectivity index (χ0n) is 12.6. The molecule has 23 heavy (non-hydrogen) atoms. The average molecular weight is 307 g/mol. The van der Waals surface area contributed by atoms with Crippen LogP contribution in [0, 0.1) is 5.92 Å². The maximum Gasteiger partial charge on any atom is 0.279 e. The first-order valence-electron chi connectivity index (χ1n) is 7.88. The largest absolute Gasteiger partial charge is 0.384 e. The second-order valence-electron chi connectivity index (χ2n) is 6.03. The second-order valence-corrected chi connectivity index (χ2v) is 6.03. The van der Waals surface area contributed by atoms with Crippen molar-refractivity contribution in [2.75, 3.05) is 6.54 Å². The van der Waals surface area contributed by atoms with Crippen molar-refractivity contribution in [2.24, 2.45) is 5.92 Å². The zero-order chi connectivity index (χ0) is 15.8. The van der Waals surface area contributed by atoms with Gasteiger partial charge in [0.25, 0.3) is 11.1 Å². The Bertz CT molecular complexity index is 956. The van der Waals surface area contributed by atoms with Gasteiger partial charge in [0.1, 0.15) is 5.69 Å². The molecule has 116 valence electrons. The van der Waals surface area contributed by atoms with Gasteiger partial charge in [-0.1, -0.05) is 18.2 Å². The highest BCUT2D eigenvalue weighted by Gasteiger charge is 2.26. The summed E-state index contributed by atoms with van der Waals surface area (Å²) in [5.74, 6) is 0.230.